The molecule has 0 spiro atoms. The third-order valence-corrected chi connectivity index (χ3v) is 5.91. The number of H-pyrrole nitrogens is 1. The Hall–Kier alpha value is -4.66. The molecule has 0 fully saturated rings. The van der Waals surface area contributed by atoms with E-state index in [1.54, 1.807) is 42.3 Å². The Labute approximate surface area is 207 Å². The first-order valence-corrected chi connectivity index (χ1v) is 11.3. The van der Waals surface area contributed by atoms with Crippen molar-refractivity contribution in [3.63, 3.8) is 0 Å². The number of carbonyl (C=O) groups excluding carboxylic acids is 1. The van der Waals surface area contributed by atoms with Crippen LogP contribution in [0.1, 0.15) is 11.1 Å². The van der Waals surface area contributed by atoms with E-state index >= 15 is 0 Å². The van der Waals surface area contributed by atoms with Gasteiger partial charge in [0.25, 0.3) is 5.56 Å². The Balaban J connectivity index is 1.48. The van der Waals surface area contributed by atoms with Crippen molar-refractivity contribution in [1.29, 1.82) is 0 Å². The van der Waals surface area contributed by atoms with Crippen LogP contribution in [0.25, 0.3) is 10.9 Å². The van der Waals surface area contributed by atoms with Gasteiger partial charge >= 0.3 is 6.03 Å². The first-order chi connectivity index (χ1) is 17.5. The summed E-state index contributed by atoms with van der Waals surface area (Å²) in [6, 6.07) is 19.6. The first kappa shape index (κ1) is 23.1. The van der Waals surface area contributed by atoms with Crippen LogP contribution in [-0.4, -0.2) is 36.9 Å². The van der Waals surface area contributed by atoms with Gasteiger partial charge in [0.1, 0.15) is 0 Å². The van der Waals surface area contributed by atoms with Crippen molar-refractivity contribution in [2.24, 2.45) is 0 Å². The SMILES string of the molecule is COc1cc2cc(CN(Cc3ccc4c(c3)OCO4)C(=O)Nc3ccccc3)c(=O)[nH]c2cc1OC. The van der Waals surface area contributed by atoms with E-state index in [-0.39, 0.29) is 31.5 Å². The number of ether oxygens (including phenoxy) is 4. The van der Waals surface area contributed by atoms with E-state index in [0.717, 1.165) is 10.9 Å². The average Bonchev–Trinajstić information content (AvgIpc) is 3.36. The number of aromatic nitrogens is 1. The van der Waals surface area contributed by atoms with Gasteiger partial charge in [0.15, 0.2) is 23.0 Å². The molecule has 1 aliphatic rings. The van der Waals surface area contributed by atoms with Crippen LogP contribution in [0, 0.1) is 0 Å². The van der Waals surface area contributed by atoms with Crippen molar-refractivity contribution in [2.75, 3.05) is 26.3 Å². The van der Waals surface area contributed by atoms with E-state index in [0.29, 0.717) is 39.8 Å². The maximum atomic E-state index is 13.3. The van der Waals surface area contributed by atoms with Crippen LogP contribution in [0.2, 0.25) is 0 Å². The zero-order chi connectivity index (χ0) is 25.1. The van der Waals surface area contributed by atoms with Gasteiger partial charge in [-0.1, -0.05) is 24.3 Å². The summed E-state index contributed by atoms with van der Waals surface area (Å²) in [5.41, 5.74) is 2.24. The number of fused-ring (bicyclic) bond motifs is 2. The molecule has 9 heteroatoms. The number of urea groups is 1. The summed E-state index contributed by atoms with van der Waals surface area (Å²) in [5.74, 6) is 2.34. The van der Waals surface area contributed by atoms with Crippen LogP contribution in [0.5, 0.6) is 23.0 Å². The molecule has 0 saturated carbocycles. The number of methoxy groups -OCH3 is 2. The Morgan fingerprint density at radius 1 is 0.944 bits per heavy atom. The van der Waals surface area contributed by atoms with Crippen LogP contribution >= 0.6 is 0 Å². The summed E-state index contributed by atoms with van der Waals surface area (Å²) in [6.07, 6.45) is 0. The molecule has 36 heavy (non-hydrogen) atoms. The molecular weight excluding hydrogens is 462 g/mol. The molecule has 1 aliphatic heterocycles. The molecule has 0 unspecified atom stereocenters. The number of rotatable bonds is 7. The number of pyridine rings is 1. The third kappa shape index (κ3) is 4.76. The summed E-state index contributed by atoms with van der Waals surface area (Å²) >= 11 is 0. The van der Waals surface area contributed by atoms with E-state index in [1.807, 2.05) is 36.4 Å². The number of hydrogen-bond acceptors (Lipinski definition) is 6. The molecule has 0 atom stereocenters. The molecule has 1 aromatic heterocycles. The number of nitrogens with one attached hydrogen (secondary N) is 2. The minimum atomic E-state index is -0.342. The lowest BCUT2D eigenvalue weighted by atomic mass is 10.1. The second kappa shape index (κ2) is 9.91. The third-order valence-electron chi connectivity index (χ3n) is 5.91. The Kier molecular flexibility index (Phi) is 6.36. The van der Waals surface area contributed by atoms with Crippen molar-refractivity contribution in [1.82, 2.24) is 9.88 Å². The Morgan fingerprint density at radius 2 is 1.69 bits per heavy atom. The number of amides is 2. The minimum absolute atomic E-state index is 0.0761. The predicted octanol–water partition coefficient (Wildman–Crippen LogP) is 4.51. The average molecular weight is 488 g/mol. The lowest BCUT2D eigenvalue weighted by Gasteiger charge is -2.23. The van der Waals surface area contributed by atoms with Gasteiger partial charge in [-0.05, 0) is 42.0 Å². The molecule has 3 aromatic carbocycles. The number of para-hydroxylation sites is 1. The summed E-state index contributed by atoms with van der Waals surface area (Å²) in [6.45, 7) is 0.489. The van der Waals surface area contributed by atoms with Crippen LogP contribution in [0.15, 0.2) is 71.5 Å². The fourth-order valence-electron chi connectivity index (χ4n) is 4.08. The molecular formula is C27H25N3O6. The van der Waals surface area contributed by atoms with Gasteiger partial charge in [0, 0.05) is 29.2 Å². The van der Waals surface area contributed by atoms with E-state index in [9.17, 15) is 9.59 Å². The highest BCUT2D eigenvalue weighted by molar-refractivity contribution is 5.89. The van der Waals surface area contributed by atoms with Gasteiger partial charge in [-0.2, -0.15) is 0 Å². The normalized spacial score (nSPS) is 11.8. The molecule has 0 radical (unpaired) electrons. The first-order valence-electron chi connectivity index (χ1n) is 11.3. The van der Waals surface area contributed by atoms with Gasteiger partial charge in [0.05, 0.1) is 26.3 Å². The minimum Gasteiger partial charge on any atom is -0.493 e. The zero-order valence-electron chi connectivity index (χ0n) is 19.9. The van der Waals surface area contributed by atoms with Crippen LogP contribution in [0.3, 0.4) is 0 Å². The molecule has 0 saturated heterocycles. The van der Waals surface area contributed by atoms with E-state index in [4.69, 9.17) is 18.9 Å². The van der Waals surface area contributed by atoms with Gasteiger partial charge in [-0.3, -0.25) is 4.79 Å². The zero-order valence-corrected chi connectivity index (χ0v) is 19.9. The maximum Gasteiger partial charge on any atom is 0.322 e. The molecule has 2 N–H and O–H groups in total. The molecule has 0 bridgehead atoms. The number of carbonyl (C=O) groups is 1. The molecule has 0 aliphatic carbocycles. The van der Waals surface area contributed by atoms with Crippen molar-refractivity contribution in [3.8, 4) is 23.0 Å². The lowest BCUT2D eigenvalue weighted by molar-refractivity contribution is 0.174. The Bertz CT molecular complexity index is 1470. The number of nitrogens with zero attached hydrogens (tertiary/aromatic N) is 1. The largest absolute Gasteiger partial charge is 0.493 e. The standard InChI is InChI=1S/C27H25N3O6/c1-33-23-12-18-11-19(26(31)29-21(18)13-24(23)34-2)15-30(27(32)28-20-6-4-3-5-7-20)14-17-8-9-22-25(10-17)36-16-35-22/h3-13H,14-16H2,1-2H3,(H,28,32)(H,29,31). The lowest BCUT2D eigenvalue weighted by Crippen LogP contribution is -2.35. The Morgan fingerprint density at radius 3 is 2.47 bits per heavy atom. The highest BCUT2D eigenvalue weighted by atomic mass is 16.7. The van der Waals surface area contributed by atoms with Gasteiger partial charge in [0.2, 0.25) is 6.79 Å². The number of aromatic amines is 1. The van der Waals surface area contributed by atoms with E-state index in [1.165, 1.54) is 7.11 Å². The maximum absolute atomic E-state index is 13.3. The van der Waals surface area contributed by atoms with E-state index < -0.39 is 0 Å². The van der Waals surface area contributed by atoms with Crippen molar-refractivity contribution >= 4 is 22.6 Å². The van der Waals surface area contributed by atoms with Crippen LogP contribution < -0.4 is 29.8 Å². The van der Waals surface area contributed by atoms with Gasteiger partial charge < -0.3 is 34.1 Å². The van der Waals surface area contributed by atoms with Crippen molar-refractivity contribution < 1.29 is 23.7 Å². The predicted molar refractivity (Wildman–Crippen MR) is 135 cm³/mol. The smallest absolute Gasteiger partial charge is 0.322 e. The van der Waals surface area contributed by atoms with Crippen LogP contribution in [0.4, 0.5) is 10.5 Å². The second-order valence-corrected chi connectivity index (χ2v) is 8.26. The van der Waals surface area contributed by atoms with Crippen LogP contribution in [-0.2, 0) is 13.1 Å². The molecule has 2 amide bonds. The molecule has 4 aromatic rings. The molecule has 184 valence electrons. The number of anilines is 1. The highest BCUT2D eigenvalue weighted by Gasteiger charge is 2.20. The monoisotopic (exact) mass is 487 g/mol. The quantitative estimate of drug-likeness (QED) is 0.398. The number of benzene rings is 3. The topological polar surface area (TPSA) is 102 Å². The molecule has 2 heterocycles. The van der Waals surface area contributed by atoms with Crippen molar-refractivity contribution in [3.05, 3.63) is 88.2 Å². The van der Waals surface area contributed by atoms with Crippen molar-refractivity contribution in [2.45, 2.75) is 13.1 Å². The summed E-state index contributed by atoms with van der Waals surface area (Å²) in [5, 5.41) is 3.67. The van der Waals surface area contributed by atoms with E-state index in [2.05, 4.69) is 10.3 Å². The molecule has 5 rings (SSSR count). The number of hydrogen-bond donors (Lipinski definition) is 2. The fraction of sp³-hybridized carbons (Fsp3) is 0.185. The summed E-state index contributed by atoms with van der Waals surface area (Å²) in [4.78, 5) is 30.8. The summed E-state index contributed by atoms with van der Waals surface area (Å²) < 4.78 is 21.6. The molecule has 9 nitrogen and oxygen atoms in total. The summed E-state index contributed by atoms with van der Waals surface area (Å²) in [7, 11) is 3.09. The fourth-order valence-corrected chi connectivity index (χ4v) is 4.08. The highest BCUT2D eigenvalue weighted by Crippen LogP contribution is 2.33. The second-order valence-electron chi connectivity index (χ2n) is 8.26. The van der Waals surface area contributed by atoms with Gasteiger partial charge in [-0.25, -0.2) is 4.79 Å². The van der Waals surface area contributed by atoms with Gasteiger partial charge in [-0.15, -0.1) is 0 Å².